The van der Waals surface area contributed by atoms with Crippen LogP contribution in [0.3, 0.4) is 0 Å². The fourth-order valence-electron chi connectivity index (χ4n) is 6.19. The largest absolute Gasteiger partial charge is 0.394 e. The van der Waals surface area contributed by atoms with E-state index in [1.165, 1.54) is 0 Å². The Balaban J connectivity index is 1.46. The standard InChI is InChI=1S/C34H40O11/c1-2-3-4-13-34(43)22-14-18(7-11-24-28(37)32(41)30(39)26(16-35)44-24)5-9-20(22)21-10-6-19(15-23(21)34)8-12-25-29(38)33(42)31(40)27(17-36)45-25/h5-6,9-10,14-15,24-33,35-43H,2-4,13,16-17H2,1H3/t24-,25-,26-,27-,28-,29-,30-,31-,32-,33?,34?/m1/s1. The molecule has 11 atom stereocenters. The number of fused-ring (bicyclic) bond motifs is 3. The van der Waals surface area contributed by atoms with Gasteiger partial charge >= 0.3 is 0 Å². The van der Waals surface area contributed by atoms with E-state index in [1.807, 2.05) is 12.1 Å². The van der Waals surface area contributed by atoms with Crippen LogP contribution in [-0.4, -0.2) is 120 Å². The van der Waals surface area contributed by atoms with Gasteiger partial charge in [-0.15, -0.1) is 0 Å². The Kier molecular flexibility index (Phi) is 10.3. The first-order valence-corrected chi connectivity index (χ1v) is 15.2. The summed E-state index contributed by atoms with van der Waals surface area (Å²) in [5.74, 6) is 11.4. The topological polar surface area (TPSA) is 201 Å². The molecule has 5 rings (SSSR count). The van der Waals surface area contributed by atoms with E-state index in [1.54, 1.807) is 24.3 Å². The molecule has 2 heterocycles. The van der Waals surface area contributed by atoms with Crippen LogP contribution in [0.25, 0.3) is 11.1 Å². The van der Waals surface area contributed by atoms with E-state index in [4.69, 9.17) is 9.47 Å². The SMILES string of the molecule is CCCCCC1(O)c2cc(C#C[C@H]3O[C@H](CO)[C@@H](O)[C@H](O)[C@@H]3O)ccc2-c2ccc(C#C[C@H]3O[C@H](CO)[C@@H](O)C(O)[C@@H]3O)cc21. The Bertz CT molecular complexity index is 1380. The van der Waals surface area contributed by atoms with Crippen LogP contribution < -0.4 is 0 Å². The molecule has 45 heavy (non-hydrogen) atoms. The number of ether oxygens (including phenoxy) is 2. The Morgan fingerprint density at radius 1 is 0.644 bits per heavy atom. The van der Waals surface area contributed by atoms with Crippen molar-refractivity contribution in [1.29, 1.82) is 0 Å². The molecule has 1 aliphatic carbocycles. The molecule has 0 spiro atoms. The van der Waals surface area contributed by atoms with Gasteiger partial charge in [-0.25, -0.2) is 0 Å². The van der Waals surface area contributed by atoms with E-state index in [9.17, 15) is 46.0 Å². The number of rotatable bonds is 6. The van der Waals surface area contributed by atoms with E-state index < -0.39 is 79.9 Å². The lowest BCUT2D eigenvalue weighted by Crippen LogP contribution is -2.58. The quantitative estimate of drug-likeness (QED) is 0.139. The third-order valence-corrected chi connectivity index (χ3v) is 8.86. The lowest BCUT2D eigenvalue weighted by Gasteiger charge is -2.37. The zero-order valence-corrected chi connectivity index (χ0v) is 24.8. The lowest BCUT2D eigenvalue weighted by molar-refractivity contribution is -0.214. The van der Waals surface area contributed by atoms with Gasteiger partial charge in [0, 0.05) is 11.1 Å². The third kappa shape index (κ3) is 6.41. The minimum atomic E-state index is -1.54. The zero-order chi connectivity index (χ0) is 32.5. The average Bonchev–Trinajstić information content (AvgIpc) is 3.29. The summed E-state index contributed by atoms with van der Waals surface area (Å²) >= 11 is 0. The Morgan fingerprint density at radius 2 is 1.09 bits per heavy atom. The first kappa shape index (κ1) is 33.5. The molecule has 2 aromatic carbocycles. The second-order valence-corrected chi connectivity index (χ2v) is 11.9. The van der Waals surface area contributed by atoms with Gasteiger partial charge in [-0.05, 0) is 59.4 Å². The van der Waals surface area contributed by atoms with Gasteiger partial charge in [0.1, 0.15) is 66.6 Å². The summed E-state index contributed by atoms with van der Waals surface area (Å²) in [6.45, 7) is 0.958. The molecule has 0 amide bonds. The Morgan fingerprint density at radius 3 is 1.49 bits per heavy atom. The molecule has 0 radical (unpaired) electrons. The molecule has 0 aromatic heterocycles. The number of aliphatic hydroxyl groups is 9. The van der Waals surface area contributed by atoms with Crippen molar-refractivity contribution in [2.75, 3.05) is 13.2 Å². The molecule has 2 fully saturated rings. The summed E-state index contributed by atoms with van der Waals surface area (Å²) in [5, 5.41) is 92.2. The van der Waals surface area contributed by atoms with Crippen molar-refractivity contribution in [2.24, 2.45) is 0 Å². The number of aliphatic hydroxyl groups excluding tert-OH is 8. The van der Waals surface area contributed by atoms with Gasteiger partial charge in [-0.1, -0.05) is 55.6 Å². The van der Waals surface area contributed by atoms with E-state index >= 15 is 0 Å². The summed E-state index contributed by atoms with van der Waals surface area (Å²) in [5.41, 5.74) is 2.60. The second kappa shape index (κ2) is 13.9. The minimum Gasteiger partial charge on any atom is -0.394 e. The molecule has 2 unspecified atom stereocenters. The van der Waals surface area contributed by atoms with E-state index in [2.05, 4.69) is 30.6 Å². The summed E-state index contributed by atoms with van der Waals surface area (Å²) in [6.07, 6.45) is -10.4. The van der Waals surface area contributed by atoms with Crippen LogP contribution in [0.4, 0.5) is 0 Å². The molecular formula is C34H40O11. The number of unbranched alkanes of at least 4 members (excludes halogenated alkanes) is 2. The Hall–Kier alpha value is -2.88. The average molecular weight is 625 g/mol. The third-order valence-electron chi connectivity index (χ3n) is 8.86. The van der Waals surface area contributed by atoms with Gasteiger partial charge in [0.15, 0.2) is 0 Å². The fourth-order valence-corrected chi connectivity index (χ4v) is 6.19. The van der Waals surface area contributed by atoms with E-state index in [0.29, 0.717) is 28.7 Å². The van der Waals surface area contributed by atoms with Gasteiger partial charge in [-0.2, -0.15) is 0 Å². The smallest absolute Gasteiger partial charge is 0.147 e. The molecule has 0 saturated carbocycles. The molecular weight excluding hydrogens is 584 g/mol. The van der Waals surface area contributed by atoms with E-state index in [0.717, 1.165) is 30.4 Å². The fraction of sp³-hybridized carbons (Fsp3) is 0.529. The van der Waals surface area contributed by atoms with Gasteiger partial charge in [0.05, 0.1) is 13.2 Å². The van der Waals surface area contributed by atoms with Gasteiger partial charge in [0.2, 0.25) is 0 Å². The number of hydrogen-bond acceptors (Lipinski definition) is 11. The van der Waals surface area contributed by atoms with Crippen molar-refractivity contribution < 1.29 is 55.4 Å². The molecule has 2 aliphatic heterocycles. The summed E-state index contributed by atoms with van der Waals surface area (Å²) in [7, 11) is 0. The summed E-state index contributed by atoms with van der Waals surface area (Å²) in [6, 6.07) is 10.8. The molecule has 11 heteroatoms. The molecule has 2 saturated heterocycles. The normalized spacial score (nSPS) is 35.4. The van der Waals surface area contributed by atoms with Crippen LogP contribution in [0.15, 0.2) is 36.4 Å². The van der Waals surface area contributed by atoms with Gasteiger partial charge in [0.25, 0.3) is 0 Å². The number of hydrogen-bond donors (Lipinski definition) is 9. The van der Waals surface area contributed by atoms with Crippen molar-refractivity contribution >= 4 is 0 Å². The highest BCUT2D eigenvalue weighted by Gasteiger charge is 2.44. The summed E-state index contributed by atoms with van der Waals surface area (Å²) < 4.78 is 11.0. The van der Waals surface area contributed by atoms with Crippen molar-refractivity contribution in [1.82, 2.24) is 0 Å². The van der Waals surface area contributed by atoms with Crippen molar-refractivity contribution in [3.05, 3.63) is 58.7 Å². The van der Waals surface area contributed by atoms with Crippen LogP contribution in [0, 0.1) is 23.7 Å². The molecule has 3 aliphatic rings. The Labute approximate surface area is 261 Å². The first-order chi connectivity index (χ1) is 21.5. The number of benzene rings is 2. The van der Waals surface area contributed by atoms with E-state index in [-0.39, 0.29) is 0 Å². The summed E-state index contributed by atoms with van der Waals surface area (Å²) in [4.78, 5) is 0. The maximum atomic E-state index is 12.2. The van der Waals surface area contributed by atoms with Crippen molar-refractivity contribution in [3.63, 3.8) is 0 Å². The van der Waals surface area contributed by atoms with Crippen LogP contribution in [0.1, 0.15) is 54.9 Å². The van der Waals surface area contributed by atoms with Gasteiger partial charge in [-0.3, -0.25) is 0 Å². The molecule has 242 valence electrons. The maximum Gasteiger partial charge on any atom is 0.147 e. The minimum absolute atomic E-state index is 0.425. The molecule has 11 nitrogen and oxygen atoms in total. The van der Waals surface area contributed by atoms with Crippen LogP contribution in [-0.2, 0) is 15.1 Å². The molecule has 0 bridgehead atoms. The van der Waals surface area contributed by atoms with Gasteiger partial charge < -0.3 is 55.4 Å². The second-order valence-electron chi connectivity index (χ2n) is 11.9. The first-order valence-electron chi connectivity index (χ1n) is 15.2. The highest BCUT2D eigenvalue weighted by Crippen LogP contribution is 2.50. The molecule has 2 aromatic rings. The predicted octanol–water partition coefficient (Wildman–Crippen LogP) is -1.13. The molecule has 9 N–H and O–H groups in total. The predicted molar refractivity (Wildman–Crippen MR) is 160 cm³/mol. The van der Waals surface area contributed by atoms with Crippen molar-refractivity contribution in [2.45, 2.75) is 99.2 Å². The zero-order valence-electron chi connectivity index (χ0n) is 24.8. The highest BCUT2D eigenvalue weighted by atomic mass is 16.5. The van der Waals surface area contributed by atoms with Crippen LogP contribution in [0.5, 0.6) is 0 Å². The highest BCUT2D eigenvalue weighted by molar-refractivity contribution is 5.81. The lowest BCUT2D eigenvalue weighted by atomic mass is 9.85. The maximum absolute atomic E-state index is 12.2. The monoisotopic (exact) mass is 624 g/mol. The van der Waals surface area contributed by atoms with Crippen LogP contribution >= 0.6 is 0 Å². The van der Waals surface area contributed by atoms with Crippen molar-refractivity contribution in [3.8, 4) is 34.8 Å². The van der Waals surface area contributed by atoms with Crippen LogP contribution in [0.2, 0.25) is 0 Å².